The van der Waals surface area contributed by atoms with Crippen molar-refractivity contribution in [3.8, 4) is 0 Å². The van der Waals surface area contributed by atoms with Crippen LogP contribution in [-0.4, -0.2) is 15.0 Å². The number of pyridine rings is 1. The standard InChI is InChI=1S/C9H9N3/c1-6-3-4-8-7(2)10-5-11-9(8)12-6/h3-5H,1-2H3. The van der Waals surface area contributed by atoms with Crippen LogP contribution >= 0.6 is 0 Å². The predicted molar refractivity (Wildman–Crippen MR) is 46.8 cm³/mol. The van der Waals surface area contributed by atoms with E-state index in [0.717, 1.165) is 22.4 Å². The van der Waals surface area contributed by atoms with E-state index in [2.05, 4.69) is 15.0 Å². The van der Waals surface area contributed by atoms with Gasteiger partial charge in [-0.1, -0.05) is 0 Å². The summed E-state index contributed by atoms with van der Waals surface area (Å²) in [6.07, 6.45) is 1.55. The minimum absolute atomic E-state index is 0.780. The first-order valence-corrected chi connectivity index (χ1v) is 3.82. The molecule has 0 aliphatic heterocycles. The highest BCUT2D eigenvalue weighted by atomic mass is 14.9. The number of aryl methyl sites for hydroxylation is 2. The van der Waals surface area contributed by atoms with E-state index in [9.17, 15) is 0 Å². The van der Waals surface area contributed by atoms with Gasteiger partial charge in [0.05, 0.1) is 5.69 Å². The molecule has 2 heterocycles. The molecule has 2 rings (SSSR count). The summed E-state index contributed by atoms with van der Waals surface area (Å²) in [5.41, 5.74) is 2.75. The van der Waals surface area contributed by atoms with Crippen molar-refractivity contribution in [1.29, 1.82) is 0 Å². The molecule has 3 heteroatoms. The Morgan fingerprint density at radius 2 is 1.92 bits per heavy atom. The quantitative estimate of drug-likeness (QED) is 0.586. The molecule has 2 aromatic rings. The van der Waals surface area contributed by atoms with Crippen molar-refractivity contribution < 1.29 is 0 Å². The summed E-state index contributed by atoms with van der Waals surface area (Å²) in [5, 5.41) is 1.03. The number of hydrogen-bond donors (Lipinski definition) is 0. The van der Waals surface area contributed by atoms with Gasteiger partial charge in [0.1, 0.15) is 6.33 Å². The number of nitrogens with zero attached hydrogens (tertiary/aromatic N) is 3. The van der Waals surface area contributed by atoms with Gasteiger partial charge in [-0.15, -0.1) is 0 Å². The minimum atomic E-state index is 0.780. The average molecular weight is 159 g/mol. The van der Waals surface area contributed by atoms with Gasteiger partial charge < -0.3 is 0 Å². The number of rotatable bonds is 0. The number of hydrogen-bond acceptors (Lipinski definition) is 3. The molecule has 0 saturated carbocycles. The molecule has 0 atom stereocenters. The zero-order valence-electron chi connectivity index (χ0n) is 7.07. The van der Waals surface area contributed by atoms with Crippen molar-refractivity contribution in [2.45, 2.75) is 13.8 Å². The van der Waals surface area contributed by atoms with Crippen molar-refractivity contribution in [2.75, 3.05) is 0 Å². The second-order valence-electron chi connectivity index (χ2n) is 2.78. The van der Waals surface area contributed by atoms with E-state index in [0.29, 0.717) is 0 Å². The van der Waals surface area contributed by atoms with Crippen LogP contribution < -0.4 is 0 Å². The van der Waals surface area contributed by atoms with Gasteiger partial charge in [-0.3, -0.25) is 0 Å². The Bertz CT molecular complexity index is 423. The van der Waals surface area contributed by atoms with Gasteiger partial charge in [0, 0.05) is 11.1 Å². The lowest BCUT2D eigenvalue weighted by atomic mass is 10.2. The topological polar surface area (TPSA) is 38.7 Å². The smallest absolute Gasteiger partial charge is 0.162 e. The molecule has 0 aliphatic carbocycles. The van der Waals surface area contributed by atoms with Crippen molar-refractivity contribution >= 4 is 11.0 Å². The van der Waals surface area contributed by atoms with Crippen LogP contribution in [0.5, 0.6) is 0 Å². The van der Waals surface area contributed by atoms with Crippen LogP contribution in [0.4, 0.5) is 0 Å². The zero-order valence-corrected chi connectivity index (χ0v) is 7.07. The van der Waals surface area contributed by atoms with Gasteiger partial charge >= 0.3 is 0 Å². The second-order valence-corrected chi connectivity index (χ2v) is 2.78. The summed E-state index contributed by atoms with van der Waals surface area (Å²) in [5.74, 6) is 0. The molecule has 0 fully saturated rings. The first-order valence-electron chi connectivity index (χ1n) is 3.82. The molecule has 0 unspecified atom stereocenters. The SMILES string of the molecule is Cc1ccc2c(C)ncnc2n1. The molecule has 0 saturated heterocycles. The first-order chi connectivity index (χ1) is 5.77. The molecule has 0 N–H and O–H groups in total. The molecule has 2 aromatic heterocycles. The fourth-order valence-electron chi connectivity index (χ4n) is 1.16. The fraction of sp³-hybridized carbons (Fsp3) is 0.222. The highest BCUT2D eigenvalue weighted by Gasteiger charge is 1.98. The van der Waals surface area contributed by atoms with E-state index in [1.54, 1.807) is 6.33 Å². The van der Waals surface area contributed by atoms with Gasteiger partial charge in [0.25, 0.3) is 0 Å². The summed E-state index contributed by atoms with van der Waals surface area (Å²) in [6.45, 7) is 3.91. The van der Waals surface area contributed by atoms with E-state index in [1.165, 1.54) is 0 Å². The third-order valence-electron chi connectivity index (χ3n) is 1.84. The molecule has 3 nitrogen and oxygen atoms in total. The van der Waals surface area contributed by atoms with Crippen LogP contribution in [-0.2, 0) is 0 Å². The van der Waals surface area contributed by atoms with Crippen LogP contribution in [0.1, 0.15) is 11.4 Å². The van der Waals surface area contributed by atoms with E-state index in [-0.39, 0.29) is 0 Å². The molecule has 0 aromatic carbocycles. The molecule has 12 heavy (non-hydrogen) atoms. The molecule has 0 amide bonds. The van der Waals surface area contributed by atoms with Crippen molar-refractivity contribution in [2.24, 2.45) is 0 Å². The normalized spacial score (nSPS) is 10.5. The maximum absolute atomic E-state index is 4.29. The Kier molecular flexibility index (Phi) is 1.50. The average Bonchev–Trinajstić information content (AvgIpc) is 2.04. The Labute approximate surface area is 70.5 Å². The summed E-state index contributed by atoms with van der Waals surface area (Å²) in [7, 11) is 0. The number of fused-ring (bicyclic) bond motifs is 1. The van der Waals surface area contributed by atoms with Crippen molar-refractivity contribution in [3.05, 3.63) is 29.8 Å². The van der Waals surface area contributed by atoms with Crippen molar-refractivity contribution in [3.63, 3.8) is 0 Å². The van der Waals surface area contributed by atoms with Gasteiger partial charge in [-0.25, -0.2) is 15.0 Å². The van der Waals surface area contributed by atoms with E-state index < -0.39 is 0 Å². The molecular formula is C9H9N3. The van der Waals surface area contributed by atoms with E-state index >= 15 is 0 Å². The lowest BCUT2D eigenvalue weighted by Gasteiger charge is -1.98. The predicted octanol–water partition coefficient (Wildman–Crippen LogP) is 1.64. The van der Waals surface area contributed by atoms with E-state index in [4.69, 9.17) is 0 Å². The summed E-state index contributed by atoms with van der Waals surface area (Å²) < 4.78 is 0. The lowest BCUT2D eigenvalue weighted by Crippen LogP contribution is -1.91. The lowest BCUT2D eigenvalue weighted by molar-refractivity contribution is 1.11. The molecule has 0 aliphatic rings. The van der Waals surface area contributed by atoms with Gasteiger partial charge in [-0.2, -0.15) is 0 Å². The summed E-state index contributed by atoms with van der Waals surface area (Å²) in [4.78, 5) is 12.5. The molecule has 0 radical (unpaired) electrons. The third-order valence-corrected chi connectivity index (χ3v) is 1.84. The first kappa shape index (κ1) is 7.16. The minimum Gasteiger partial charge on any atom is -0.241 e. The Hall–Kier alpha value is -1.51. The van der Waals surface area contributed by atoms with E-state index in [1.807, 2.05) is 26.0 Å². The zero-order chi connectivity index (χ0) is 8.55. The molecular weight excluding hydrogens is 150 g/mol. The van der Waals surface area contributed by atoms with Gasteiger partial charge in [-0.05, 0) is 26.0 Å². The van der Waals surface area contributed by atoms with Crippen LogP contribution in [0.15, 0.2) is 18.5 Å². The van der Waals surface area contributed by atoms with Crippen molar-refractivity contribution in [1.82, 2.24) is 15.0 Å². The van der Waals surface area contributed by atoms with Crippen LogP contribution in [0.25, 0.3) is 11.0 Å². The highest BCUT2D eigenvalue weighted by Crippen LogP contribution is 2.11. The maximum Gasteiger partial charge on any atom is 0.162 e. The van der Waals surface area contributed by atoms with Crippen LogP contribution in [0, 0.1) is 13.8 Å². The highest BCUT2D eigenvalue weighted by molar-refractivity contribution is 5.76. The van der Waals surface area contributed by atoms with Crippen LogP contribution in [0.2, 0.25) is 0 Å². The Morgan fingerprint density at radius 3 is 2.75 bits per heavy atom. The second kappa shape index (κ2) is 2.52. The monoisotopic (exact) mass is 159 g/mol. The van der Waals surface area contributed by atoms with Gasteiger partial charge in [0.2, 0.25) is 0 Å². The van der Waals surface area contributed by atoms with Gasteiger partial charge in [0.15, 0.2) is 5.65 Å². The maximum atomic E-state index is 4.29. The molecule has 0 bridgehead atoms. The fourth-order valence-corrected chi connectivity index (χ4v) is 1.16. The summed E-state index contributed by atoms with van der Waals surface area (Å²) >= 11 is 0. The Morgan fingerprint density at radius 1 is 1.08 bits per heavy atom. The van der Waals surface area contributed by atoms with Crippen LogP contribution in [0.3, 0.4) is 0 Å². The molecule has 60 valence electrons. The molecule has 0 spiro atoms. The summed E-state index contributed by atoms with van der Waals surface area (Å²) in [6, 6.07) is 3.98. The largest absolute Gasteiger partial charge is 0.241 e. The third kappa shape index (κ3) is 1.03. The number of aromatic nitrogens is 3. The Balaban J connectivity index is 2.86.